The van der Waals surface area contributed by atoms with Crippen LogP contribution in [0.3, 0.4) is 0 Å². The number of aromatic nitrogens is 2. The quantitative estimate of drug-likeness (QED) is 0.732. The zero-order valence-electron chi connectivity index (χ0n) is 13.1. The van der Waals surface area contributed by atoms with Gasteiger partial charge in [-0.1, -0.05) is 32.9 Å². The van der Waals surface area contributed by atoms with Gasteiger partial charge in [0.1, 0.15) is 16.2 Å². The second kappa shape index (κ2) is 6.14. The zero-order valence-corrected chi connectivity index (χ0v) is 14.7. The van der Waals surface area contributed by atoms with Gasteiger partial charge in [0.15, 0.2) is 0 Å². The molecule has 1 aromatic carbocycles. The second-order valence-electron chi connectivity index (χ2n) is 6.31. The summed E-state index contributed by atoms with van der Waals surface area (Å²) >= 11 is 3.49. The highest BCUT2D eigenvalue weighted by atomic mass is 79.9. The number of benzene rings is 1. The van der Waals surface area contributed by atoms with Crippen LogP contribution in [0.5, 0.6) is 5.75 Å². The molecule has 0 aliphatic heterocycles. The van der Waals surface area contributed by atoms with E-state index in [9.17, 15) is 0 Å². The monoisotopic (exact) mass is 348 g/mol. The first kappa shape index (κ1) is 16.0. The second-order valence-corrected chi connectivity index (χ2v) is 7.12. The molecule has 4 heteroatoms. The zero-order chi connectivity index (χ0) is 15.6. The molecule has 1 aromatic heterocycles. The maximum atomic E-state index is 5.89. The molecule has 0 bridgehead atoms. The first-order valence-corrected chi connectivity index (χ1v) is 7.88. The first-order valence-electron chi connectivity index (χ1n) is 7.08. The van der Waals surface area contributed by atoms with Gasteiger partial charge in [0.05, 0.1) is 11.8 Å². The molecule has 2 rings (SSSR count). The van der Waals surface area contributed by atoms with Crippen LogP contribution < -0.4 is 4.74 Å². The van der Waals surface area contributed by atoms with Crippen LogP contribution in [-0.4, -0.2) is 16.1 Å². The molecule has 21 heavy (non-hydrogen) atoms. The van der Waals surface area contributed by atoms with Crippen LogP contribution in [0.1, 0.15) is 40.4 Å². The van der Waals surface area contributed by atoms with E-state index in [1.807, 2.05) is 44.2 Å². The van der Waals surface area contributed by atoms with Gasteiger partial charge in [0.25, 0.3) is 0 Å². The van der Waals surface area contributed by atoms with Gasteiger partial charge >= 0.3 is 0 Å². The van der Waals surface area contributed by atoms with Gasteiger partial charge in [-0.3, -0.25) is 0 Å². The number of hydrogen-bond donors (Lipinski definition) is 0. The van der Waals surface area contributed by atoms with Crippen LogP contribution in [-0.2, 0) is 5.41 Å². The summed E-state index contributed by atoms with van der Waals surface area (Å²) in [7, 11) is 0. The van der Waals surface area contributed by atoms with Crippen LogP contribution >= 0.6 is 15.9 Å². The molecule has 0 amide bonds. The van der Waals surface area contributed by atoms with E-state index in [2.05, 4.69) is 41.7 Å². The Morgan fingerprint density at radius 1 is 1.10 bits per heavy atom. The number of rotatable bonds is 3. The van der Waals surface area contributed by atoms with Gasteiger partial charge in [0, 0.05) is 11.0 Å². The molecule has 0 unspecified atom stereocenters. The van der Waals surface area contributed by atoms with E-state index in [0.29, 0.717) is 0 Å². The van der Waals surface area contributed by atoms with Gasteiger partial charge in [-0.15, -0.1) is 0 Å². The summed E-state index contributed by atoms with van der Waals surface area (Å²) in [4.78, 5) is 9.21. The van der Waals surface area contributed by atoms with E-state index in [1.165, 1.54) is 0 Å². The van der Waals surface area contributed by atoms with Crippen molar-refractivity contribution in [3.05, 3.63) is 40.8 Å². The summed E-state index contributed by atoms with van der Waals surface area (Å²) in [5.74, 6) is 1.66. The summed E-state index contributed by atoms with van der Waals surface area (Å²) in [5, 5.41) is 0. The predicted octanol–water partition coefficient (Wildman–Crippen LogP) is 4.99. The summed E-state index contributed by atoms with van der Waals surface area (Å²) in [6.07, 6.45) is 0.124. The lowest BCUT2D eigenvalue weighted by Crippen LogP contribution is -2.16. The first-order chi connectivity index (χ1) is 9.77. The molecule has 0 spiro atoms. The van der Waals surface area contributed by atoms with Crippen LogP contribution in [0.15, 0.2) is 34.9 Å². The lowest BCUT2D eigenvalue weighted by Gasteiger charge is -2.19. The Balaban J connectivity index is 2.54. The van der Waals surface area contributed by atoms with Crippen molar-refractivity contribution in [2.45, 2.75) is 46.1 Å². The van der Waals surface area contributed by atoms with Crippen molar-refractivity contribution in [1.82, 2.24) is 9.97 Å². The third-order valence-electron chi connectivity index (χ3n) is 2.89. The van der Waals surface area contributed by atoms with E-state index in [1.54, 1.807) is 0 Å². The predicted molar refractivity (Wildman–Crippen MR) is 89.6 cm³/mol. The average Bonchev–Trinajstić information content (AvgIpc) is 2.37. The van der Waals surface area contributed by atoms with Crippen LogP contribution in [0.25, 0.3) is 11.3 Å². The van der Waals surface area contributed by atoms with Crippen LogP contribution in [0, 0.1) is 0 Å². The molecule has 0 aliphatic rings. The van der Waals surface area contributed by atoms with Gasteiger partial charge in [-0.25, -0.2) is 9.97 Å². The van der Waals surface area contributed by atoms with Gasteiger partial charge in [0.2, 0.25) is 0 Å². The van der Waals surface area contributed by atoms with Crippen molar-refractivity contribution in [1.29, 1.82) is 0 Å². The van der Waals surface area contributed by atoms with Crippen molar-refractivity contribution in [2.75, 3.05) is 0 Å². The van der Waals surface area contributed by atoms with Crippen molar-refractivity contribution in [2.24, 2.45) is 0 Å². The number of halogens is 1. The third-order valence-corrected chi connectivity index (χ3v) is 3.30. The highest BCUT2D eigenvalue weighted by Crippen LogP contribution is 2.32. The van der Waals surface area contributed by atoms with Crippen molar-refractivity contribution in [3.63, 3.8) is 0 Å². The summed E-state index contributed by atoms with van der Waals surface area (Å²) in [6.45, 7) is 10.4. The van der Waals surface area contributed by atoms with Crippen molar-refractivity contribution in [3.8, 4) is 17.0 Å². The summed E-state index contributed by atoms with van der Waals surface area (Å²) in [5.41, 5.74) is 1.75. The lowest BCUT2D eigenvalue weighted by atomic mass is 9.95. The Morgan fingerprint density at radius 2 is 1.76 bits per heavy atom. The van der Waals surface area contributed by atoms with Crippen molar-refractivity contribution < 1.29 is 4.74 Å². The highest BCUT2D eigenvalue weighted by molar-refractivity contribution is 9.10. The fourth-order valence-electron chi connectivity index (χ4n) is 1.93. The van der Waals surface area contributed by atoms with Gasteiger partial charge < -0.3 is 4.74 Å². The molecule has 0 N–H and O–H groups in total. The smallest absolute Gasteiger partial charge is 0.135 e. The van der Waals surface area contributed by atoms with Crippen LogP contribution in [0.2, 0.25) is 0 Å². The Bertz CT molecular complexity index is 633. The minimum absolute atomic E-state index is 0.105. The molecule has 0 saturated heterocycles. The molecule has 0 fully saturated rings. The molecule has 0 atom stereocenters. The maximum Gasteiger partial charge on any atom is 0.135 e. The number of para-hydroxylation sites is 1. The molecular formula is C17H21BrN2O. The molecule has 0 aliphatic carbocycles. The average molecular weight is 349 g/mol. The molecule has 0 saturated carbocycles. The Morgan fingerprint density at radius 3 is 2.38 bits per heavy atom. The lowest BCUT2D eigenvalue weighted by molar-refractivity contribution is 0.243. The van der Waals surface area contributed by atoms with Crippen molar-refractivity contribution >= 4 is 15.9 Å². The van der Waals surface area contributed by atoms with E-state index in [0.717, 1.165) is 27.4 Å². The molecule has 3 nitrogen and oxygen atoms in total. The SMILES string of the molecule is CC(C)Oc1ccccc1-c1cc(Br)nc(C(C)(C)C)n1. The molecular weight excluding hydrogens is 328 g/mol. The minimum atomic E-state index is -0.105. The Hall–Kier alpha value is -1.42. The third kappa shape index (κ3) is 4.03. The molecule has 0 radical (unpaired) electrons. The summed E-state index contributed by atoms with van der Waals surface area (Å²) in [6, 6.07) is 9.90. The molecule has 2 aromatic rings. The van der Waals surface area contributed by atoms with E-state index in [-0.39, 0.29) is 11.5 Å². The minimum Gasteiger partial charge on any atom is -0.490 e. The number of ether oxygens (including phenoxy) is 1. The Kier molecular flexibility index (Phi) is 4.67. The maximum absolute atomic E-state index is 5.89. The van der Waals surface area contributed by atoms with E-state index >= 15 is 0 Å². The topological polar surface area (TPSA) is 35.0 Å². The molecule has 112 valence electrons. The highest BCUT2D eigenvalue weighted by Gasteiger charge is 2.20. The number of hydrogen-bond acceptors (Lipinski definition) is 3. The fourth-order valence-corrected chi connectivity index (χ4v) is 2.31. The van der Waals surface area contributed by atoms with Gasteiger partial charge in [-0.05, 0) is 48.0 Å². The Labute approximate surface area is 134 Å². The largest absolute Gasteiger partial charge is 0.490 e. The fraction of sp³-hybridized carbons (Fsp3) is 0.412. The van der Waals surface area contributed by atoms with E-state index in [4.69, 9.17) is 9.72 Å². The summed E-state index contributed by atoms with van der Waals surface area (Å²) < 4.78 is 6.68. The number of nitrogens with zero attached hydrogens (tertiary/aromatic N) is 2. The van der Waals surface area contributed by atoms with Crippen LogP contribution in [0.4, 0.5) is 0 Å². The molecule has 1 heterocycles. The van der Waals surface area contributed by atoms with E-state index < -0.39 is 0 Å². The van der Waals surface area contributed by atoms with Gasteiger partial charge in [-0.2, -0.15) is 0 Å². The normalized spacial score (nSPS) is 11.8. The standard InChI is InChI=1S/C17H21BrN2O/c1-11(2)21-14-9-7-6-8-12(14)13-10-15(18)20-16(19-13)17(3,4)5/h6-11H,1-5H3.